The second kappa shape index (κ2) is 8.31. The molecule has 0 unspecified atom stereocenters. The first-order valence-corrected chi connectivity index (χ1v) is 10.3. The third kappa shape index (κ3) is 4.71. The Balaban J connectivity index is 1.60. The average molecular weight is 396 g/mol. The largest absolute Gasteiger partial charge is 0.329 e. The highest BCUT2D eigenvalue weighted by Gasteiger charge is 2.28. The first-order valence-electron chi connectivity index (χ1n) is 8.45. The van der Waals surface area contributed by atoms with Gasteiger partial charge >= 0.3 is 0 Å². The molecule has 1 aliphatic rings. The monoisotopic (exact) mass is 395 g/mol. The summed E-state index contributed by atoms with van der Waals surface area (Å²) in [4.78, 5) is 1.12. The van der Waals surface area contributed by atoms with Crippen molar-refractivity contribution in [3.63, 3.8) is 0 Å². The zero-order valence-corrected chi connectivity index (χ0v) is 15.8. The summed E-state index contributed by atoms with van der Waals surface area (Å²) in [5.41, 5.74) is 1.33. The second-order valence-electron chi connectivity index (χ2n) is 6.28. The molecule has 0 atom stereocenters. The molecule has 26 heavy (non-hydrogen) atoms. The molecular formula is C19H21ClFN2O2S+. The van der Waals surface area contributed by atoms with Gasteiger partial charge in [0.15, 0.2) is 0 Å². The van der Waals surface area contributed by atoms with E-state index >= 15 is 0 Å². The van der Waals surface area contributed by atoms with E-state index in [2.05, 4.69) is 0 Å². The SMILES string of the molecule is O=S(=O)(/C=C/c1ccccc1)N1CC[NH+](Cc2c(F)cccc2Cl)CC1. The smallest absolute Gasteiger partial charge is 0.236 e. The van der Waals surface area contributed by atoms with Crippen LogP contribution in [0.25, 0.3) is 6.08 Å². The first kappa shape index (κ1) is 19.0. The van der Waals surface area contributed by atoms with Gasteiger partial charge in [0.25, 0.3) is 0 Å². The lowest BCUT2D eigenvalue weighted by atomic mass is 10.2. The zero-order valence-electron chi connectivity index (χ0n) is 14.2. The van der Waals surface area contributed by atoms with E-state index in [1.165, 1.54) is 15.8 Å². The van der Waals surface area contributed by atoms with Crippen molar-refractivity contribution >= 4 is 27.7 Å². The van der Waals surface area contributed by atoms with Crippen molar-refractivity contribution in [2.45, 2.75) is 6.54 Å². The third-order valence-corrected chi connectivity index (χ3v) is 6.43. The molecule has 1 N–H and O–H groups in total. The average Bonchev–Trinajstić information content (AvgIpc) is 2.65. The molecule has 1 heterocycles. The van der Waals surface area contributed by atoms with Gasteiger partial charge in [-0.05, 0) is 23.8 Å². The van der Waals surface area contributed by atoms with Gasteiger partial charge in [-0.1, -0.05) is 48.0 Å². The number of nitrogens with one attached hydrogen (secondary N) is 1. The molecule has 4 nitrogen and oxygen atoms in total. The van der Waals surface area contributed by atoms with E-state index < -0.39 is 10.0 Å². The van der Waals surface area contributed by atoms with Gasteiger partial charge in [0.2, 0.25) is 10.0 Å². The normalized spacial score (nSPS) is 17.0. The molecule has 0 aromatic heterocycles. The topological polar surface area (TPSA) is 41.8 Å². The Morgan fingerprint density at radius 1 is 1.08 bits per heavy atom. The number of hydrogen-bond donors (Lipinski definition) is 1. The molecule has 138 valence electrons. The molecule has 1 aliphatic heterocycles. The van der Waals surface area contributed by atoms with E-state index in [9.17, 15) is 12.8 Å². The van der Waals surface area contributed by atoms with Crippen molar-refractivity contribution in [3.8, 4) is 0 Å². The van der Waals surface area contributed by atoms with E-state index in [4.69, 9.17) is 11.6 Å². The summed E-state index contributed by atoms with van der Waals surface area (Å²) < 4.78 is 40.4. The third-order valence-electron chi connectivity index (χ3n) is 4.51. The molecule has 1 fully saturated rings. The van der Waals surface area contributed by atoms with Crippen LogP contribution in [-0.2, 0) is 16.6 Å². The van der Waals surface area contributed by atoms with Crippen LogP contribution < -0.4 is 4.90 Å². The van der Waals surface area contributed by atoms with Gasteiger partial charge < -0.3 is 4.90 Å². The summed E-state index contributed by atoms with van der Waals surface area (Å²) in [7, 11) is -3.45. The maximum atomic E-state index is 13.9. The molecular weight excluding hydrogens is 375 g/mol. The van der Waals surface area contributed by atoms with Gasteiger partial charge in [0.1, 0.15) is 12.4 Å². The molecule has 7 heteroatoms. The highest BCUT2D eigenvalue weighted by molar-refractivity contribution is 7.92. The van der Waals surface area contributed by atoms with Gasteiger partial charge in [0, 0.05) is 5.41 Å². The number of halogens is 2. The van der Waals surface area contributed by atoms with Gasteiger partial charge in [0.05, 0.1) is 36.8 Å². The molecule has 0 amide bonds. The number of hydrogen-bond acceptors (Lipinski definition) is 2. The van der Waals surface area contributed by atoms with Gasteiger partial charge in [-0.15, -0.1) is 0 Å². The minimum Gasteiger partial charge on any atom is -0.329 e. The van der Waals surface area contributed by atoms with Crippen LogP contribution in [0.1, 0.15) is 11.1 Å². The van der Waals surface area contributed by atoms with Crippen LogP contribution in [0.4, 0.5) is 4.39 Å². The Labute approximate surface area is 158 Å². The van der Waals surface area contributed by atoms with Crippen molar-refractivity contribution in [1.29, 1.82) is 0 Å². The van der Waals surface area contributed by atoms with Crippen LogP contribution in [0, 0.1) is 5.82 Å². The fourth-order valence-corrected chi connectivity index (χ4v) is 4.42. The van der Waals surface area contributed by atoms with E-state index in [1.807, 2.05) is 30.3 Å². The summed E-state index contributed by atoms with van der Waals surface area (Å²) in [6.07, 6.45) is 1.60. The maximum Gasteiger partial charge on any atom is 0.236 e. The van der Waals surface area contributed by atoms with Crippen molar-refractivity contribution < 1.29 is 17.7 Å². The van der Waals surface area contributed by atoms with Crippen molar-refractivity contribution in [2.24, 2.45) is 0 Å². The van der Waals surface area contributed by atoms with Crippen LogP contribution in [0.3, 0.4) is 0 Å². The highest BCUT2D eigenvalue weighted by Crippen LogP contribution is 2.18. The van der Waals surface area contributed by atoms with Gasteiger partial charge in [-0.3, -0.25) is 0 Å². The van der Waals surface area contributed by atoms with Crippen LogP contribution >= 0.6 is 11.6 Å². The predicted octanol–water partition coefficient (Wildman–Crippen LogP) is 2.18. The van der Waals surface area contributed by atoms with Crippen LogP contribution in [0.15, 0.2) is 53.9 Å². The quantitative estimate of drug-likeness (QED) is 0.843. The van der Waals surface area contributed by atoms with Crippen molar-refractivity contribution in [3.05, 3.63) is 75.9 Å². The zero-order chi connectivity index (χ0) is 18.6. The van der Waals surface area contributed by atoms with Crippen molar-refractivity contribution in [2.75, 3.05) is 26.2 Å². The summed E-state index contributed by atoms with van der Waals surface area (Å²) in [5.74, 6) is -0.314. The maximum absolute atomic E-state index is 13.9. The molecule has 0 spiro atoms. The van der Waals surface area contributed by atoms with E-state index in [1.54, 1.807) is 18.2 Å². The minimum atomic E-state index is -3.45. The number of rotatable bonds is 5. The highest BCUT2D eigenvalue weighted by atomic mass is 35.5. The molecule has 2 aromatic rings. The first-order chi connectivity index (χ1) is 12.5. The number of sulfonamides is 1. The summed E-state index contributed by atoms with van der Waals surface area (Å²) in [5, 5.41) is 1.67. The Morgan fingerprint density at radius 2 is 1.77 bits per heavy atom. The summed E-state index contributed by atoms with van der Waals surface area (Å²) in [6.45, 7) is 2.50. The molecule has 0 aliphatic carbocycles. The number of quaternary nitrogens is 1. The van der Waals surface area contributed by atoms with Gasteiger partial charge in [-0.2, -0.15) is 4.31 Å². The Kier molecular flexibility index (Phi) is 6.09. The predicted molar refractivity (Wildman–Crippen MR) is 102 cm³/mol. The molecule has 2 aromatic carbocycles. The Hall–Kier alpha value is -1.73. The fraction of sp³-hybridized carbons (Fsp3) is 0.263. The number of benzene rings is 2. The Morgan fingerprint density at radius 3 is 2.42 bits per heavy atom. The molecule has 1 saturated heterocycles. The second-order valence-corrected chi connectivity index (χ2v) is 8.51. The van der Waals surface area contributed by atoms with Crippen molar-refractivity contribution in [1.82, 2.24) is 4.31 Å². The van der Waals surface area contributed by atoms with Crippen LogP contribution in [-0.4, -0.2) is 38.9 Å². The van der Waals surface area contributed by atoms with E-state index in [-0.39, 0.29) is 5.82 Å². The van der Waals surface area contributed by atoms with E-state index in [0.717, 1.165) is 10.5 Å². The summed E-state index contributed by atoms with van der Waals surface area (Å²) >= 11 is 6.08. The lowest BCUT2D eigenvalue weighted by molar-refractivity contribution is -0.917. The lowest BCUT2D eigenvalue weighted by Gasteiger charge is -2.31. The number of piperazine rings is 1. The van der Waals surface area contributed by atoms with Crippen LogP contribution in [0.5, 0.6) is 0 Å². The van der Waals surface area contributed by atoms with E-state index in [0.29, 0.717) is 43.3 Å². The molecule has 0 radical (unpaired) electrons. The summed E-state index contributed by atoms with van der Waals surface area (Å²) in [6, 6.07) is 14.0. The minimum absolute atomic E-state index is 0.314. The molecule has 3 rings (SSSR count). The molecule has 0 saturated carbocycles. The van der Waals surface area contributed by atoms with Crippen LogP contribution in [0.2, 0.25) is 5.02 Å². The fourth-order valence-electron chi connectivity index (χ4n) is 3.00. The standard InChI is InChI=1S/C19H20ClFN2O2S/c20-18-7-4-8-19(21)17(18)15-22-10-12-23(13-11-22)26(24,25)14-9-16-5-2-1-3-6-16/h1-9,14H,10-13,15H2/p+1/b14-9+. The number of nitrogens with zero attached hydrogens (tertiary/aromatic N) is 1. The Bertz CT molecular complexity index is 859. The molecule has 0 bridgehead atoms. The van der Waals surface area contributed by atoms with Gasteiger partial charge in [-0.25, -0.2) is 12.8 Å². The lowest BCUT2D eigenvalue weighted by Crippen LogP contribution is -3.13.